The van der Waals surface area contributed by atoms with Crippen molar-refractivity contribution in [1.29, 1.82) is 0 Å². The summed E-state index contributed by atoms with van der Waals surface area (Å²) in [6.07, 6.45) is 2.83. The van der Waals surface area contributed by atoms with E-state index in [1.165, 1.54) is 0 Å². The van der Waals surface area contributed by atoms with Gasteiger partial charge in [-0.3, -0.25) is 9.89 Å². The number of nitrogens with one attached hydrogen (secondary N) is 1. The lowest BCUT2D eigenvalue weighted by atomic mass is 10.1. The van der Waals surface area contributed by atoms with Gasteiger partial charge in [0.2, 0.25) is 11.8 Å². The number of hydrogen-bond acceptors (Lipinski definition) is 5. The van der Waals surface area contributed by atoms with Gasteiger partial charge >= 0.3 is 0 Å². The van der Waals surface area contributed by atoms with Crippen molar-refractivity contribution in [1.82, 2.24) is 25.2 Å². The van der Waals surface area contributed by atoms with Crippen molar-refractivity contribution in [2.45, 2.75) is 38.6 Å². The van der Waals surface area contributed by atoms with Gasteiger partial charge in [-0.15, -0.1) is 0 Å². The van der Waals surface area contributed by atoms with Gasteiger partial charge in [-0.1, -0.05) is 30.3 Å². The Morgan fingerprint density at radius 1 is 1.42 bits per heavy atom. The molecule has 1 fully saturated rings. The van der Waals surface area contributed by atoms with Crippen LogP contribution in [0.4, 0.5) is 0 Å². The zero-order chi connectivity index (χ0) is 16.5. The molecule has 1 N–H and O–H groups in total. The minimum atomic E-state index is -0.0873. The Bertz CT molecular complexity index is 869. The zero-order valence-corrected chi connectivity index (χ0v) is 13.5. The van der Waals surface area contributed by atoms with Gasteiger partial charge in [0.05, 0.1) is 23.7 Å². The third-order valence-corrected chi connectivity index (χ3v) is 4.53. The molecular formula is C17H19N5O2. The van der Waals surface area contributed by atoms with Gasteiger partial charge in [0.1, 0.15) is 0 Å². The van der Waals surface area contributed by atoms with Crippen LogP contribution in [0.15, 0.2) is 28.8 Å². The molecule has 0 bridgehead atoms. The second kappa shape index (κ2) is 6.07. The van der Waals surface area contributed by atoms with Crippen LogP contribution >= 0.6 is 0 Å². The third-order valence-electron chi connectivity index (χ3n) is 4.53. The van der Waals surface area contributed by atoms with Crippen molar-refractivity contribution in [2.24, 2.45) is 0 Å². The molecule has 1 amide bonds. The van der Waals surface area contributed by atoms with Crippen LogP contribution in [0.3, 0.4) is 0 Å². The van der Waals surface area contributed by atoms with E-state index in [0.29, 0.717) is 24.6 Å². The molecule has 3 heterocycles. The van der Waals surface area contributed by atoms with E-state index in [0.717, 1.165) is 36.0 Å². The van der Waals surface area contributed by atoms with Crippen LogP contribution in [0, 0.1) is 0 Å². The number of aromatic nitrogens is 4. The van der Waals surface area contributed by atoms with Gasteiger partial charge in [-0.05, 0) is 18.9 Å². The van der Waals surface area contributed by atoms with E-state index >= 15 is 0 Å². The van der Waals surface area contributed by atoms with Crippen LogP contribution in [-0.4, -0.2) is 37.7 Å². The molecule has 1 aromatic carbocycles. The number of para-hydroxylation sites is 1. The molecule has 1 saturated heterocycles. The van der Waals surface area contributed by atoms with Gasteiger partial charge in [0.25, 0.3) is 0 Å². The van der Waals surface area contributed by atoms with Crippen molar-refractivity contribution < 1.29 is 9.32 Å². The van der Waals surface area contributed by atoms with Crippen LogP contribution in [0.2, 0.25) is 0 Å². The number of hydrogen-bond donors (Lipinski definition) is 1. The Kier molecular flexibility index (Phi) is 3.76. The fourth-order valence-electron chi connectivity index (χ4n) is 3.28. The number of carbonyl (C=O) groups excluding carboxylic acids is 1. The zero-order valence-electron chi connectivity index (χ0n) is 13.5. The first-order valence-electron chi connectivity index (χ1n) is 8.30. The lowest BCUT2D eigenvalue weighted by molar-refractivity contribution is -0.131. The summed E-state index contributed by atoms with van der Waals surface area (Å²) < 4.78 is 5.20. The first-order chi connectivity index (χ1) is 11.8. The molecular weight excluding hydrogens is 306 g/mol. The predicted molar refractivity (Wildman–Crippen MR) is 87.2 cm³/mol. The molecule has 124 valence electrons. The van der Waals surface area contributed by atoms with Gasteiger partial charge in [0, 0.05) is 18.4 Å². The number of aryl methyl sites for hydroxylation is 1. The van der Waals surface area contributed by atoms with Crippen molar-refractivity contribution >= 4 is 16.8 Å². The van der Waals surface area contributed by atoms with Gasteiger partial charge in [-0.2, -0.15) is 10.1 Å². The normalized spacial score (nSPS) is 17.7. The molecule has 7 nitrogen and oxygen atoms in total. The fraction of sp³-hybridized carbons (Fsp3) is 0.412. The standard InChI is InChI=1S/C17H19N5O2/c1-2-15-18-17(21-24-15)14-8-5-9-22(14)16(23)10-13-11-6-3-4-7-12(11)19-20-13/h3-4,6-7,14H,2,5,8-10H2,1H3,(H,19,20)/t14-/m0/s1. The molecule has 0 spiro atoms. The minimum Gasteiger partial charge on any atom is -0.339 e. The van der Waals surface area contributed by atoms with Crippen molar-refractivity contribution in [3.05, 3.63) is 41.7 Å². The van der Waals surface area contributed by atoms with Crippen molar-refractivity contribution in [2.75, 3.05) is 6.54 Å². The summed E-state index contributed by atoms with van der Waals surface area (Å²) in [4.78, 5) is 19.1. The third kappa shape index (κ3) is 2.55. The van der Waals surface area contributed by atoms with E-state index in [9.17, 15) is 4.79 Å². The molecule has 3 aromatic rings. The molecule has 1 aliphatic heterocycles. The van der Waals surface area contributed by atoms with E-state index in [2.05, 4.69) is 20.3 Å². The van der Waals surface area contributed by atoms with Gasteiger partial charge in [0.15, 0.2) is 5.82 Å². The number of likely N-dealkylation sites (tertiary alicyclic amines) is 1. The Balaban J connectivity index is 1.54. The molecule has 1 aliphatic rings. The topological polar surface area (TPSA) is 87.9 Å². The highest BCUT2D eigenvalue weighted by Crippen LogP contribution is 2.31. The quantitative estimate of drug-likeness (QED) is 0.796. The number of nitrogens with zero attached hydrogens (tertiary/aromatic N) is 4. The number of rotatable bonds is 4. The Morgan fingerprint density at radius 2 is 2.29 bits per heavy atom. The molecule has 1 atom stereocenters. The summed E-state index contributed by atoms with van der Waals surface area (Å²) in [7, 11) is 0. The average Bonchev–Trinajstić information content (AvgIpc) is 3.34. The maximum absolute atomic E-state index is 12.8. The molecule has 0 aliphatic carbocycles. The summed E-state index contributed by atoms with van der Waals surface area (Å²) >= 11 is 0. The summed E-state index contributed by atoms with van der Waals surface area (Å²) in [6, 6.07) is 7.72. The monoisotopic (exact) mass is 325 g/mol. The lowest BCUT2D eigenvalue weighted by Crippen LogP contribution is -2.32. The van der Waals surface area contributed by atoms with Crippen LogP contribution in [0.25, 0.3) is 10.9 Å². The predicted octanol–water partition coefficient (Wildman–Crippen LogP) is 2.41. The number of amides is 1. The van der Waals surface area contributed by atoms with E-state index in [1.807, 2.05) is 36.1 Å². The Labute approximate surface area is 139 Å². The largest absolute Gasteiger partial charge is 0.339 e. The van der Waals surface area contributed by atoms with E-state index in [4.69, 9.17) is 4.52 Å². The van der Waals surface area contributed by atoms with E-state index in [-0.39, 0.29) is 11.9 Å². The first kappa shape index (κ1) is 14.9. The lowest BCUT2D eigenvalue weighted by Gasteiger charge is -2.22. The highest BCUT2D eigenvalue weighted by molar-refractivity contribution is 5.87. The SMILES string of the molecule is CCc1nc([C@@H]2CCCN2C(=O)Cc2[nH]nc3ccccc23)no1. The maximum Gasteiger partial charge on any atom is 0.229 e. The second-order valence-corrected chi connectivity index (χ2v) is 6.04. The van der Waals surface area contributed by atoms with Gasteiger partial charge in [-0.25, -0.2) is 0 Å². The highest BCUT2D eigenvalue weighted by Gasteiger charge is 2.33. The molecule has 4 rings (SSSR count). The smallest absolute Gasteiger partial charge is 0.229 e. The number of carbonyl (C=O) groups is 1. The highest BCUT2D eigenvalue weighted by atomic mass is 16.5. The van der Waals surface area contributed by atoms with Crippen LogP contribution < -0.4 is 0 Å². The molecule has 0 unspecified atom stereocenters. The molecule has 0 radical (unpaired) electrons. The molecule has 24 heavy (non-hydrogen) atoms. The molecule has 7 heteroatoms. The van der Waals surface area contributed by atoms with Crippen molar-refractivity contribution in [3.8, 4) is 0 Å². The van der Waals surface area contributed by atoms with Crippen LogP contribution in [-0.2, 0) is 17.6 Å². The average molecular weight is 325 g/mol. The van der Waals surface area contributed by atoms with Crippen LogP contribution in [0.1, 0.15) is 43.2 Å². The number of benzene rings is 1. The second-order valence-electron chi connectivity index (χ2n) is 6.04. The number of fused-ring (bicyclic) bond motifs is 1. The summed E-state index contributed by atoms with van der Waals surface area (Å²) in [6.45, 7) is 2.70. The summed E-state index contributed by atoms with van der Waals surface area (Å²) in [5, 5.41) is 12.3. The fourth-order valence-corrected chi connectivity index (χ4v) is 3.28. The van der Waals surface area contributed by atoms with Crippen LogP contribution in [0.5, 0.6) is 0 Å². The van der Waals surface area contributed by atoms with Crippen molar-refractivity contribution in [3.63, 3.8) is 0 Å². The Hall–Kier alpha value is -2.70. The Morgan fingerprint density at radius 3 is 3.12 bits per heavy atom. The first-order valence-corrected chi connectivity index (χ1v) is 8.30. The van der Waals surface area contributed by atoms with Gasteiger partial charge < -0.3 is 9.42 Å². The molecule has 2 aromatic heterocycles. The number of H-pyrrole nitrogens is 1. The van der Waals surface area contributed by atoms with E-state index < -0.39 is 0 Å². The minimum absolute atomic E-state index is 0.0646. The maximum atomic E-state index is 12.8. The number of aromatic amines is 1. The van der Waals surface area contributed by atoms with E-state index in [1.54, 1.807) is 0 Å². The summed E-state index contributed by atoms with van der Waals surface area (Å²) in [5.41, 5.74) is 1.73. The summed E-state index contributed by atoms with van der Waals surface area (Å²) in [5.74, 6) is 1.30. The molecule has 0 saturated carbocycles.